The molecule has 0 saturated heterocycles. The molecule has 0 bridgehead atoms. The second kappa shape index (κ2) is 7.87. The molecule has 0 aliphatic carbocycles. The molecule has 0 spiro atoms. The van der Waals surface area contributed by atoms with Crippen molar-refractivity contribution in [1.29, 1.82) is 0 Å². The van der Waals surface area contributed by atoms with Crippen molar-refractivity contribution in [3.05, 3.63) is 41.9 Å². The van der Waals surface area contributed by atoms with Crippen LogP contribution in [0.1, 0.15) is 0 Å². The molecule has 0 atom stereocenters. The molecule has 0 unspecified atom stereocenters. The van der Waals surface area contributed by atoms with Crippen LogP contribution in [-0.4, -0.2) is 42.2 Å². The summed E-state index contributed by atoms with van der Waals surface area (Å²) in [5, 5.41) is 12.3. The average molecular weight is 269 g/mol. The molecule has 0 aromatic heterocycles. The number of hydrogen-bond donors (Lipinski definition) is 2. The molecule has 1 aromatic carbocycles. The van der Waals surface area contributed by atoms with Gasteiger partial charge in [-0.1, -0.05) is 17.7 Å². The van der Waals surface area contributed by atoms with Crippen LogP contribution in [0.5, 0.6) is 0 Å². The topological polar surface area (TPSA) is 52.6 Å². The summed E-state index contributed by atoms with van der Waals surface area (Å²) >= 11 is 5.76. The van der Waals surface area contributed by atoms with Gasteiger partial charge in [0.25, 0.3) is 0 Å². The molecule has 1 amide bonds. The van der Waals surface area contributed by atoms with Gasteiger partial charge in [0.05, 0.1) is 13.2 Å². The van der Waals surface area contributed by atoms with E-state index in [0.29, 0.717) is 23.8 Å². The van der Waals surface area contributed by atoms with Gasteiger partial charge in [-0.05, 0) is 24.3 Å². The van der Waals surface area contributed by atoms with Crippen molar-refractivity contribution in [2.45, 2.75) is 0 Å². The van der Waals surface area contributed by atoms with Crippen LogP contribution < -0.4 is 5.32 Å². The first kappa shape index (κ1) is 14.7. The number of carbonyl (C=O) groups is 1. The number of benzene rings is 1. The van der Waals surface area contributed by atoms with Gasteiger partial charge in [-0.15, -0.1) is 6.58 Å². The molecular weight excluding hydrogens is 252 g/mol. The van der Waals surface area contributed by atoms with Gasteiger partial charge in [0.15, 0.2) is 0 Å². The summed E-state index contributed by atoms with van der Waals surface area (Å²) in [6.45, 7) is 4.86. The molecule has 18 heavy (non-hydrogen) atoms. The van der Waals surface area contributed by atoms with E-state index in [2.05, 4.69) is 11.9 Å². The molecule has 0 aliphatic heterocycles. The Balaban J connectivity index is 2.48. The first-order valence-electron chi connectivity index (χ1n) is 5.65. The fourth-order valence-corrected chi connectivity index (χ4v) is 1.62. The lowest BCUT2D eigenvalue weighted by Crippen LogP contribution is -2.35. The standard InChI is InChI=1S/C13H17ClN2O2/c1-2-7-16(8-9-17)10-13(18)15-12-5-3-11(14)4-6-12/h2-6,17H,1,7-10H2,(H,15,18). The number of carbonyl (C=O) groups excluding carboxylic acids is 1. The van der Waals surface area contributed by atoms with E-state index in [1.807, 2.05) is 0 Å². The van der Waals surface area contributed by atoms with Gasteiger partial charge in [-0.25, -0.2) is 0 Å². The number of nitrogens with zero attached hydrogens (tertiary/aromatic N) is 1. The van der Waals surface area contributed by atoms with Crippen molar-refractivity contribution in [2.75, 3.05) is 31.6 Å². The van der Waals surface area contributed by atoms with E-state index < -0.39 is 0 Å². The molecule has 0 saturated carbocycles. The predicted octanol–water partition coefficient (Wildman–Crippen LogP) is 1.76. The van der Waals surface area contributed by atoms with E-state index in [4.69, 9.17) is 16.7 Å². The number of anilines is 1. The molecule has 0 fully saturated rings. The van der Waals surface area contributed by atoms with E-state index in [9.17, 15) is 4.79 Å². The van der Waals surface area contributed by atoms with Crippen LogP contribution in [0.2, 0.25) is 5.02 Å². The second-order valence-corrected chi connectivity index (χ2v) is 4.24. The van der Waals surface area contributed by atoms with Crippen LogP contribution >= 0.6 is 11.6 Å². The smallest absolute Gasteiger partial charge is 0.238 e. The minimum atomic E-state index is -0.132. The molecule has 0 heterocycles. The highest BCUT2D eigenvalue weighted by molar-refractivity contribution is 6.30. The molecule has 98 valence electrons. The maximum absolute atomic E-state index is 11.8. The second-order valence-electron chi connectivity index (χ2n) is 3.80. The third kappa shape index (κ3) is 5.31. The Morgan fingerprint density at radius 2 is 2.11 bits per heavy atom. The van der Waals surface area contributed by atoms with E-state index in [1.165, 1.54) is 0 Å². The van der Waals surface area contributed by atoms with Crippen LogP contribution in [0.25, 0.3) is 0 Å². The van der Waals surface area contributed by atoms with E-state index in [1.54, 1.807) is 35.2 Å². The molecule has 0 radical (unpaired) electrons. The zero-order valence-electron chi connectivity index (χ0n) is 10.1. The van der Waals surface area contributed by atoms with Gasteiger partial charge < -0.3 is 10.4 Å². The Bertz CT molecular complexity index is 392. The summed E-state index contributed by atoms with van der Waals surface area (Å²) in [5.41, 5.74) is 0.701. The Morgan fingerprint density at radius 3 is 2.67 bits per heavy atom. The molecule has 0 aliphatic rings. The molecular formula is C13H17ClN2O2. The SMILES string of the molecule is C=CCN(CCO)CC(=O)Nc1ccc(Cl)cc1. The highest BCUT2D eigenvalue weighted by atomic mass is 35.5. The van der Waals surface area contributed by atoms with Crippen molar-refractivity contribution in [3.8, 4) is 0 Å². The summed E-state index contributed by atoms with van der Waals surface area (Å²) in [7, 11) is 0. The average Bonchev–Trinajstić information content (AvgIpc) is 2.33. The number of amides is 1. The lowest BCUT2D eigenvalue weighted by Gasteiger charge is -2.18. The summed E-state index contributed by atoms with van der Waals surface area (Å²) < 4.78 is 0. The third-order valence-electron chi connectivity index (χ3n) is 2.30. The number of halogens is 1. The van der Waals surface area contributed by atoms with Crippen molar-refractivity contribution in [3.63, 3.8) is 0 Å². The normalized spacial score (nSPS) is 10.4. The predicted molar refractivity (Wildman–Crippen MR) is 73.8 cm³/mol. The van der Waals surface area contributed by atoms with E-state index >= 15 is 0 Å². The zero-order chi connectivity index (χ0) is 13.4. The summed E-state index contributed by atoms with van der Waals surface area (Å²) in [4.78, 5) is 13.6. The Kier molecular flexibility index (Phi) is 6.43. The van der Waals surface area contributed by atoms with Crippen LogP contribution in [-0.2, 0) is 4.79 Å². The Morgan fingerprint density at radius 1 is 1.44 bits per heavy atom. The van der Waals surface area contributed by atoms with Crippen LogP contribution in [0.15, 0.2) is 36.9 Å². The Labute approximate surface area is 112 Å². The first-order valence-corrected chi connectivity index (χ1v) is 6.03. The maximum atomic E-state index is 11.8. The minimum Gasteiger partial charge on any atom is -0.395 e. The Hall–Kier alpha value is -1.36. The summed E-state index contributed by atoms with van der Waals surface area (Å²) in [5.74, 6) is -0.132. The van der Waals surface area contributed by atoms with Crippen LogP contribution in [0.4, 0.5) is 5.69 Å². The number of aliphatic hydroxyl groups is 1. The molecule has 1 aromatic rings. The van der Waals surface area contributed by atoms with Gasteiger partial charge in [-0.2, -0.15) is 0 Å². The van der Waals surface area contributed by atoms with E-state index in [0.717, 1.165) is 0 Å². The molecule has 5 heteroatoms. The van der Waals surface area contributed by atoms with Gasteiger partial charge in [0.2, 0.25) is 5.91 Å². The maximum Gasteiger partial charge on any atom is 0.238 e. The van der Waals surface area contributed by atoms with Crippen LogP contribution in [0.3, 0.4) is 0 Å². The largest absolute Gasteiger partial charge is 0.395 e. The quantitative estimate of drug-likeness (QED) is 0.741. The van der Waals surface area contributed by atoms with Crippen molar-refractivity contribution in [2.24, 2.45) is 0 Å². The van der Waals surface area contributed by atoms with Gasteiger partial charge in [0, 0.05) is 23.8 Å². The lowest BCUT2D eigenvalue weighted by atomic mass is 10.3. The van der Waals surface area contributed by atoms with Gasteiger partial charge in [0.1, 0.15) is 0 Å². The number of nitrogens with one attached hydrogen (secondary N) is 1. The number of aliphatic hydroxyl groups excluding tert-OH is 1. The van der Waals surface area contributed by atoms with Crippen molar-refractivity contribution < 1.29 is 9.90 Å². The lowest BCUT2D eigenvalue weighted by molar-refractivity contribution is -0.117. The monoisotopic (exact) mass is 268 g/mol. The highest BCUT2D eigenvalue weighted by Gasteiger charge is 2.09. The molecule has 4 nitrogen and oxygen atoms in total. The highest BCUT2D eigenvalue weighted by Crippen LogP contribution is 2.13. The molecule has 1 rings (SSSR count). The number of hydrogen-bond acceptors (Lipinski definition) is 3. The van der Waals surface area contributed by atoms with E-state index in [-0.39, 0.29) is 19.1 Å². The van der Waals surface area contributed by atoms with Gasteiger partial charge >= 0.3 is 0 Å². The zero-order valence-corrected chi connectivity index (χ0v) is 10.9. The summed E-state index contributed by atoms with van der Waals surface area (Å²) in [6.07, 6.45) is 1.70. The van der Waals surface area contributed by atoms with Gasteiger partial charge in [-0.3, -0.25) is 9.69 Å². The van der Waals surface area contributed by atoms with Crippen molar-refractivity contribution in [1.82, 2.24) is 4.90 Å². The first-order chi connectivity index (χ1) is 8.65. The fraction of sp³-hybridized carbons (Fsp3) is 0.308. The third-order valence-corrected chi connectivity index (χ3v) is 2.55. The fourth-order valence-electron chi connectivity index (χ4n) is 1.50. The van der Waals surface area contributed by atoms with Crippen molar-refractivity contribution >= 4 is 23.2 Å². The molecule has 2 N–H and O–H groups in total. The minimum absolute atomic E-state index is 0.0159. The van der Waals surface area contributed by atoms with Crippen LogP contribution in [0, 0.1) is 0 Å². The summed E-state index contributed by atoms with van der Waals surface area (Å²) in [6, 6.07) is 6.91. The number of rotatable bonds is 7.